The fourth-order valence-corrected chi connectivity index (χ4v) is 4.08. The highest BCUT2D eigenvalue weighted by Gasteiger charge is 2.41. The molecule has 1 aliphatic carbocycles. The number of hydrogen-bond acceptors (Lipinski definition) is 3. The first-order chi connectivity index (χ1) is 14.3. The van der Waals surface area contributed by atoms with E-state index in [0.29, 0.717) is 34.8 Å². The van der Waals surface area contributed by atoms with Crippen LogP contribution in [0.3, 0.4) is 0 Å². The molecule has 0 unspecified atom stereocenters. The molecular formula is C22H23BrClN3O3. The van der Waals surface area contributed by atoms with Crippen LogP contribution in [0.15, 0.2) is 46.9 Å². The molecule has 1 saturated carbocycles. The Bertz CT molecular complexity index is 957. The lowest BCUT2D eigenvalue weighted by molar-refractivity contribution is -0.123. The summed E-state index contributed by atoms with van der Waals surface area (Å²) < 4.78 is 0.878. The van der Waals surface area contributed by atoms with Crippen LogP contribution in [0.1, 0.15) is 49.4 Å². The van der Waals surface area contributed by atoms with Gasteiger partial charge in [-0.2, -0.15) is 0 Å². The van der Waals surface area contributed by atoms with Gasteiger partial charge in [0.1, 0.15) is 5.54 Å². The largest absolute Gasteiger partial charge is 0.338 e. The topological polar surface area (TPSA) is 87.3 Å². The Morgan fingerprint density at radius 1 is 0.967 bits per heavy atom. The number of hydrogen-bond donors (Lipinski definition) is 3. The Hall–Kier alpha value is -2.38. The van der Waals surface area contributed by atoms with E-state index in [1.807, 2.05) is 0 Å². The fraction of sp³-hybridized carbons (Fsp3) is 0.318. The number of benzene rings is 2. The number of amides is 3. The summed E-state index contributed by atoms with van der Waals surface area (Å²) in [5.74, 6) is -0.778. The van der Waals surface area contributed by atoms with Crippen molar-refractivity contribution in [2.75, 3.05) is 10.6 Å². The van der Waals surface area contributed by atoms with E-state index in [4.69, 9.17) is 11.6 Å². The summed E-state index contributed by atoms with van der Waals surface area (Å²) in [6.45, 7) is 1.40. The molecule has 3 rings (SSSR count). The van der Waals surface area contributed by atoms with Crippen LogP contribution < -0.4 is 16.0 Å². The third-order valence-electron chi connectivity index (χ3n) is 5.14. The van der Waals surface area contributed by atoms with Crippen molar-refractivity contribution in [1.82, 2.24) is 5.32 Å². The molecule has 0 aliphatic heterocycles. The minimum absolute atomic E-state index is 0.231. The summed E-state index contributed by atoms with van der Waals surface area (Å²) in [7, 11) is 0. The number of carbonyl (C=O) groups is 3. The van der Waals surface area contributed by atoms with Crippen molar-refractivity contribution in [2.24, 2.45) is 0 Å². The summed E-state index contributed by atoms with van der Waals surface area (Å²) in [5.41, 5.74) is 0.490. The predicted molar refractivity (Wildman–Crippen MR) is 122 cm³/mol. The highest BCUT2D eigenvalue weighted by atomic mass is 79.9. The molecule has 0 heterocycles. The monoisotopic (exact) mass is 491 g/mol. The van der Waals surface area contributed by atoms with Crippen molar-refractivity contribution in [2.45, 2.75) is 44.6 Å². The molecular weight excluding hydrogens is 470 g/mol. The summed E-state index contributed by atoms with van der Waals surface area (Å²) in [4.78, 5) is 37.3. The molecule has 6 nitrogen and oxygen atoms in total. The zero-order chi connectivity index (χ0) is 21.7. The minimum Gasteiger partial charge on any atom is -0.338 e. The van der Waals surface area contributed by atoms with E-state index in [-0.39, 0.29) is 17.7 Å². The zero-order valence-corrected chi connectivity index (χ0v) is 18.9. The lowest BCUT2D eigenvalue weighted by Gasteiger charge is -2.36. The molecule has 30 heavy (non-hydrogen) atoms. The third kappa shape index (κ3) is 5.40. The SMILES string of the molecule is CC(=O)Nc1ccc(NC(=O)C2(NC(=O)c3ccc(Br)cc3)CCCCC2)cc1Cl. The molecule has 0 aromatic heterocycles. The van der Waals surface area contributed by atoms with Crippen LogP contribution in [0.4, 0.5) is 11.4 Å². The smallest absolute Gasteiger partial charge is 0.252 e. The second kappa shape index (κ2) is 9.62. The van der Waals surface area contributed by atoms with Crippen LogP contribution in [0.25, 0.3) is 0 Å². The van der Waals surface area contributed by atoms with Crippen LogP contribution in [-0.4, -0.2) is 23.3 Å². The Morgan fingerprint density at radius 2 is 1.63 bits per heavy atom. The molecule has 0 saturated heterocycles. The van der Waals surface area contributed by atoms with E-state index in [2.05, 4.69) is 31.9 Å². The Kier molecular flexibility index (Phi) is 7.15. The van der Waals surface area contributed by atoms with Gasteiger partial charge < -0.3 is 16.0 Å². The second-order valence-electron chi connectivity index (χ2n) is 7.43. The molecule has 2 aromatic rings. The number of nitrogens with one attached hydrogen (secondary N) is 3. The lowest BCUT2D eigenvalue weighted by Crippen LogP contribution is -2.57. The molecule has 1 aliphatic rings. The maximum Gasteiger partial charge on any atom is 0.252 e. The number of carbonyl (C=O) groups excluding carboxylic acids is 3. The predicted octanol–water partition coefficient (Wildman–Crippen LogP) is 5.13. The lowest BCUT2D eigenvalue weighted by atomic mass is 9.80. The molecule has 3 N–H and O–H groups in total. The maximum atomic E-state index is 13.2. The molecule has 158 valence electrons. The van der Waals surface area contributed by atoms with E-state index < -0.39 is 5.54 Å². The van der Waals surface area contributed by atoms with Gasteiger partial charge in [0.2, 0.25) is 11.8 Å². The second-order valence-corrected chi connectivity index (χ2v) is 8.76. The molecule has 0 atom stereocenters. The van der Waals surface area contributed by atoms with Crippen molar-refractivity contribution >= 4 is 56.6 Å². The van der Waals surface area contributed by atoms with E-state index in [9.17, 15) is 14.4 Å². The molecule has 2 aromatic carbocycles. The first kappa shape index (κ1) is 22.3. The first-order valence-electron chi connectivity index (χ1n) is 9.76. The van der Waals surface area contributed by atoms with E-state index in [0.717, 1.165) is 23.7 Å². The number of rotatable bonds is 5. The van der Waals surface area contributed by atoms with Crippen molar-refractivity contribution in [3.63, 3.8) is 0 Å². The minimum atomic E-state index is -0.981. The van der Waals surface area contributed by atoms with E-state index >= 15 is 0 Å². The van der Waals surface area contributed by atoms with E-state index in [1.165, 1.54) is 6.92 Å². The molecule has 1 fully saturated rings. The summed E-state index contributed by atoms with van der Waals surface area (Å²) >= 11 is 9.57. The molecule has 0 radical (unpaired) electrons. The Balaban J connectivity index is 1.78. The van der Waals surface area contributed by atoms with Crippen LogP contribution in [0.2, 0.25) is 5.02 Å². The van der Waals surface area contributed by atoms with Gasteiger partial charge in [-0.25, -0.2) is 0 Å². The maximum absolute atomic E-state index is 13.2. The molecule has 8 heteroatoms. The van der Waals surface area contributed by atoms with Gasteiger partial charge in [0.15, 0.2) is 0 Å². The van der Waals surface area contributed by atoms with Crippen LogP contribution in [0.5, 0.6) is 0 Å². The molecule has 0 bridgehead atoms. The van der Waals surface area contributed by atoms with Crippen molar-refractivity contribution < 1.29 is 14.4 Å². The van der Waals surface area contributed by atoms with Gasteiger partial charge in [-0.1, -0.05) is 46.8 Å². The highest BCUT2D eigenvalue weighted by molar-refractivity contribution is 9.10. The van der Waals surface area contributed by atoms with Crippen LogP contribution >= 0.6 is 27.5 Å². The standard InChI is InChI=1S/C22H23BrClN3O3/c1-14(28)25-19-10-9-17(13-18(19)24)26-21(30)22(11-3-2-4-12-22)27-20(29)15-5-7-16(23)8-6-15/h5-10,13H,2-4,11-12H2,1H3,(H,25,28)(H,26,30)(H,27,29). The van der Waals surface area contributed by atoms with Gasteiger partial charge in [-0.05, 0) is 55.3 Å². The molecule has 0 spiro atoms. The molecule has 3 amide bonds. The van der Waals surface area contributed by atoms with Crippen LogP contribution in [0, 0.1) is 0 Å². The van der Waals surface area contributed by atoms with Gasteiger partial charge in [-0.15, -0.1) is 0 Å². The highest BCUT2D eigenvalue weighted by Crippen LogP contribution is 2.31. The van der Waals surface area contributed by atoms with Gasteiger partial charge in [0.05, 0.1) is 10.7 Å². The van der Waals surface area contributed by atoms with Gasteiger partial charge in [0, 0.05) is 22.6 Å². The quantitative estimate of drug-likeness (QED) is 0.540. The van der Waals surface area contributed by atoms with Gasteiger partial charge in [0.25, 0.3) is 5.91 Å². The van der Waals surface area contributed by atoms with Gasteiger partial charge in [-0.3, -0.25) is 14.4 Å². The Labute approximate surface area is 188 Å². The first-order valence-corrected chi connectivity index (χ1v) is 10.9. The Morgan fingerprint density at radius 3 is 2.23 bits per heavy atom. The number of anilines is 2. The van der Waals surface area contributed by atoms with Crippen molar-refractivity contribution in [1.29, 1.82) is 0 Å². The van der Waals surface area contributed by atoms with Crippen molar-refractivity contribution in [3.05, 3.63) is 57.5 Å². The van der Waals surface area contributed by atoms with Crippen molar-refractivity contribution in [3.8, 4) is 0 Å². The fourth-order valence-electron chi connectivity index (χ4n) is 3.59. The summed E-state index contributed by atoms with van der Waals surface area (Å²) in [5, 5.41) is 8.81. The summed E-state index contributed by atoms with van der Waals surface area (Å²) in [6.07, 6.45) is 3.88. The average Bonchev–Trinajstić information content (AvgIpc) is 2.71. The third-order valence-corrected chi connectivity index (χ3v) is 5.98. The van der Waals surface area contributed by atoms with Crippen LogP contribution in [-0.2, 0) is 9.59 Å². The normalized spacial score (nSPS) is 15.2. The summed E-state index contributed by atoms with van der Waals surface area (Å²) in [6, 6.07) is 11.9. The average molecular weight is 493 g/mol. The zero-order valence-electron chi connectivity index (χ0n) is 16.6. The van der Waals surface area contributed by atoms with E-state index in [1.54, 1.807) is 42.5 Å². The number of halogens is 2. The van der Waals surface area contributed by atoms with Gasteiger partial charge >= 0.3 is 0 Å².